The van der Waals surface area contributed by atoms with Crippen molar-refractivity contribution in [3.8, 4) is 0 Å². The molecule has 0 aliphatic heterocycles. The summed E-state index contributed by atoms with van der Waals surface area (Å²) in [6.07, 6.45) is 1.37. The van der Waals surface area contributed by atoms with Crippen LogP contribution in [0.4, 0.5) is 13.1 Å². The molecule has 0 aliphatic carbocycles. The second-order valence-corrected chi connectivity index (χ2v) is 4.99. The number of hydrogen-bond acceptors (Lipinski definition) is 4. The van der Waals surface area contributed by atoms with E-state index >= 15 is 0 Å². The molecule has 0 saturated heterocycles. The Labute approximate surface area is 133 Å². The van der Waals surface area contributed by atoms with Crippen LogP contribution in [0.2, 0.25) is 5.02 Å². The number of carbonyl (C=O) groups excluding carboxylic acids is 2. The molecule has 0 unspecified atom stereocenters. The van der Waals surface area contributed by atoms with Crippen LogP contribution in [-0.2, 0) is 6.54 Å². The summed E-state index contributed by atoms with van der Waals surface area (Å²) in [7, 11) is 0. The van der Waals surface area contributed by atoms with Gasteiger partial charge in [-0.3, -0.25) is 10.1 Å². The summed E-state index contributed by atoms with van der Waals surface area (Å²) in [5.41, 5.74) is 0.0862. The summed E-state index contributed by atoms with van der Waals surface area (Å²) < 4.78 is 26.7. The zero-order valence-electron chi connectivity index (χ0n) is 10.8. The van der Waals surface area contributed by atoms with Gasteiger partial charge >= 0.3 is 6.03 Å². The Hall–Kier alpha value is -2.13. The van der Waals surface area contributed by atoms with Crippen molar-refractivity contribution < 1.29 is 17.9 Å². The molecule has 6 nitrogen and oxygen atoms in total. The van der Waals surface area contributed by atoms with E-state index in [9.17, 15) is 17.9 Å². The van der Waals surface area contributed by atoms with Crippen LogP contribution < -0.4 is 10.6 Å². The second kappa shape index (κ2) is 7.23. The van der Waals surface area contributed by atoms with Crippen molar-refractivity contribution in [2.24, 2.45) is 0 Å². The maximum absolute atomic E-state index is 13.5. The van der Waals surface area contributed by atoms with E-state index in [4.69, 9.17) is 11.6 Å². The number of carbonyl (C=O) groups is 2. The fourth-order valence-electron chi connectivity index (χ4n) is 1.53. The predicted octanol–water partition coefficient (Wildman–Crippen LogP) is 2.70. The number of rotatable bonds is 4. The average Bonchev–Trinajstić information content (AvgIpc) is 2.93. The lowest BCUT2D eigenvalue weighted by Crippen LogP contribution is -2.39. The summed E-state index contributed by atoms with van der Waals surface area (Å²) in [5.74, 6) is -1.74. The van der Waals surface area contributed by atoms with Crippen molar-refractivity contribution in [3.63, 3.8) is 0 Å². The van der Waals surface area contributed by atoms with E-state index in [-0.39, 0.29) is 29.5 Å². The molecule has 2 rings (SSSR count). The molecule has 10 heteroatoms. The number of urea groups is 1. The smallest absolute Gasteiger partial charge is 0.322 e. The first-order chi connectivity index (χ1) is 10.5. The molecule has 0 aliphatic rings. The minimum Gasteiger partial charge on any atom is -0.332 e. The minimum atomic E-state index is -0.906. The number of amides is 3. The third-order valence-electron chi connectivity index (χ3n) is 2.53. The van der Waals surface area contributed by atoms with Gasteiger partial charge in [-0.25, -0.2) is 9.18 Å². The van der Waals surface area contributed by atoms with Crippen LogP contribution in [0.15, 0.2) is 30.5 Å². The molecule has 0 fully saturated rings. The molecule has 22 heavy (non-hydrogen) atoms. The highest BCUT2D eigenvalue weighted by atomic mass is 35.5. The van der Waals surface area contributed by atoms with Gasteiger partial charge in [-0.1, -0.05) is 11.6 Å². The number of nitrogens with zero attached hydrogens (tertiary/aromatic N) is 2. The minimum absolute atomic E-state index is 0.0181. The quantitative estimate of drug-likeness (QED) is 0.892. The van der Waals surface area contributed by atoms with Gasteiger partial charge in [-0.15, -0.1) is 3.89 Å². The number of hydrogen-bond donors (Lipinski definition) is 2. The average molecular weight is 347 g/mol. The van der Waals surface area contributed by atoms with E-state index in [1.165, 1.54) is 24.4 Å². The normalized spacial score (nSPS) is 10.3. The van der Waals surface area contributed by atoms with E-state index in [1.54, 1.807) is 0 Å². The molecule has 0 radical (unpaired) electrons. The summed E-state index contributed by atoms with van der Waals surface area (Å²) in [4.78, 5) is 23.3. The standard InChI is InChI=1S/C12H9ClF2N4O2S/c13-7-1-2-9(10(14)5-7)11(20)17-12(21)16-6-8-3-4-19(18-8)22-15/h1-5H,6H2,(H2,16,17,20,21). The van der Waals surface area contributed by atoms with Crippen molar-refractivity contribution in [1.29, 1.82) is 0 Å². The molecule has 0 bridgehead atoms. The van der Waals surface area contributed by atoms with Crippen molar-refractivity contribution in [1.82, 2.24) is 19.8 Å². The lowest BCUT2D eigenvalue weighted by molar-refractivity contribution is 0.0960. The molecule has 1 aromatic carbocycles. The molecule has 116 valence electrons. The van der Waals surface area contributed by atoms with E-state index < -0.39 is 17.8 Å². The Balaban J connectivity index is 1.89. The Kier molecular flexibility index (Phi) is 5.34. The molecular weight excluding hydrogens is 338 g/mol. The first-order valence-electron chi connectivity index (χ1n) is 5.87. The van der Waals surface area contributed by atoms with Gasteiger partial charge in [0.05, 0.1) is 17.8 Å². The van der Waals surface area contributed by atoms with Gasteiger partial charge in [0.1, 0.15) is 5.82 Å². The Morgan fingerprint density at radius 3 is 2.77 bits per heavy atom. The third-order valence-corrected chi connectivity index (χ3v) is 3.10. The van der Waals surface area contributed by atoms with Crippen LogP contribution in [-0.4, -0.2) is 21.1 Å². The second-order valence-electron chi connectivity index (χ2n) is 4.04. The zero-order valence-corrected chi connectivity index (χ0v) is 12.4. The highest BCUT2D eigenvalue weighted by Gasteiger charge is 2.15. The molecule has 0 atom stereocenters. The summed E-state index contributed by atoms with van der Waals surface area (Å²) in [6.45, 7) is -0.0181. The van der Waals surface area contributed by atoms with Crippen molar-refractivity contribution >= 4 is 35.9 Å². The van der Waals surface area contributed by atoms with Crippen LogP contribution in [0.5, 0.6) is 0 Å². The van der Waals surface area contributed by atoms with Crippen molar-refractivity contribution in [2.75, 3.05) is 0 Å². The summed E-state index contributed by atoms with van der Waals surface area (Å²) >= 11 is 5.48. The fraction of sp³-hybridized carbons (Fsp3) is 0.0833. The molecule has 2 N–H and O–H groups in total. The molecule has 2 aromatic rings. The lowest BCUT2D eigenvalue weighted by Gasteiger charge is -2.06. The van der Waals surface area contributed by atoms with Crippen LogP contribution >= 0.6 is 23.9 Å². The maximum atomic E-state index is 13.5. The zero-order chi connectivity index (χ0) is 16.1. The van der Waals surface area contributed by atoms with Crippen LogP contribution in [0.25, 0.3) is 0 Å². The monoisotopic (exact) mass is 346 g/mol. The number of aromatic nitrogens is 2. The number of imide groups is 1. The van der Waals surface area contributed by atoms with Crippen molar-refractivity contribution in [3.05, 3.63) is 52.6 Å². The molecule has 0 spiro atoms. The summed E-state index contributed by atoms with van der Waals surface area (Å²) in [6, 6.07) is 4.13. The van der Waals surface area contributed by atoms with Gasteiger partial charge in [0.25, 0.3) is 5.91 Å². The SMILES string of the molecule is O=C(NCc1ccn(SF)n1)NC(=O)c1ccc(Cl)cc1F. The number of halogens is 3. The topological polar surface area (TPSA) is 76.0 Å². The third kappa shape index (κ3) is 4.18. The Bertz CT molecular complexity index is 710. The maximum Gasteiger partial charge on any atom is 0.322 e. The molecule has 1 heterocycles. The van der Waals surface area contributed by atoms with E-state index in [2.05, 4.69) is 10.4 Å². The molecule has 0 saturated carbocycles. The number of benzene rings is 1. The van der Waals surface area contributed by atoms with Crippen LogP contribution in [0.1, 0.15) is 16.1 Å². The molecular formula is C12H9ClF2N4O2S. The van der Waals surface area contributed by atoms with Gasteiger partial charge in [0.2, 0.25) is 0 Å². The first kappa shape index (κ1) is 16.2. The molecule has 1 aromatic heterocycles. The van der Waals surface area contributed by atoms with Gasteiger partial charge in [0.15, 0.2) is 12.3 Å². The fourth-order valence-corrected chi connectivity index (χ4v) is 1.94. The van der Waals surface area contributed by atoms with Gasteiger partial charge < -0.3 is 5.32 Å². The van der Waals surface area contributed by atoms with Crippen molar-refractivity contribution in [2.45, 2.75) is 6.54 Å². The summed E-state index contributed by atoms with van der Waals surface area (Å²) in [5, 5.41) is 8.21. The largest absolute Gasteiger partial charge is 0.332 e. The van der Waals surface area contributed by atoms with Gasteiger partial charge in [-0.2, -0.15) is 9.19 Å². The van der Waals surface area contributed by atoms with E-state index in [0.717, 1.165) is 10.2 Å². The Morgan fingerprint density at radius 1 is 1.36 bits per heavy atom. The highest BCUT2D eigenvalue weighted by molar-refractivity contribution is 7.92. The Morgan fingerprint density at radius 2 is 2.14 bits per heavy atom. The first-order valence-corrected chi connectivity index (χ1v) is 6.92. The van der Waals surface area contributed by atoms with E-state index in [0.29, 0.717) is 5.69 Å². The highest BCUT2D eigenvalue weighted by Crippen LogP contribution is 2.14. The van der Waals surface area contributed by atoms with Crippen LogP contribution in [0, 0.1) is 5.82 Å². The predicted molar refractivity (Wildman–Crippen MR) is 77.4 cm³/mol. The van der Waals surface area contributed by atoms with Crippen LogP contribution in [0.3, 0.4) is 0 Å². The van der Waals surface area contributed by atoms with E-state index in [1.807, 2.05) is 5.32 Å². The van der Waals surface area contributed by atoms with Gasteiger partial charge in [0, 0.05) is 11.2 Å². The molecule has 3 amide bonds. The number of nitrogens with one attached hydrogen (secondary N) is 2. The van der Waals surface area contributed by atoms with Gasteiger partial charge in [-0.05, 0) is 24.3 Å². The lowest BCUT2D eigenvalue weighted by atomic mass is 10.2.